The third-order valence-electron chi connectivity index (χ3n) is 5.11. The maximum absolute atomic E-state index is 12.8. The first-order chi connectivity index (χ1) is 12.9. The van der Waals surface area contributed by atoms with E-state index in [1.54, 1.807) is 25.1 Å². The Kier molecular flexibility index (Phi) is 8.26. The van der Waals surface area contributed by atoms with E-state index in [2.05, 4.69) is 10.2 Å². The molecule has 0 atom stereocenters. The molecule has 6 nitrogen and oxygen atoms in total. The van der Waals surface area contributed by atoms with Crippen LogP contribution in [0.3, 0.4) is 0 Å². The standard InChI is InChI=1S/C20H33N3O3S/c1-4-23(5-2)27(25,26)19-15-18(12-11-17(19)3)21-20(24)16-22-13-9-7-6-8-10-14-22/h11-12,15H,4-10,13-14,16H2,1-3H3,(H,21,24). The number of rotatable bonds is 7. The van der Waals surface area contributed by atoms with Crippen LogP contribution in [0.2, 0.25) is 0 Å². The number of hydrogen-bond donors (Lipinski definition) is 1. The highest BCUT2D eigenvalue weighted by atomic mass is 32.2. The molecule has 0 saturated carbocycles. The molecule has 1 saturated heterocycles. The van der Waals surface area contributed by atoms with Crippen molar-refractivity contribution in [2.75, 3.05) is 38.0 Å². The van der Waals surface area contributed by atoms with E-state index >= 15 is 0 Å². The van der Waals surface area contributed by atoms with E-state index in [0.29, 0.717) is 30.9 Å². The quantitative estimate of drug-likeness (QED) is 0.769. The predicted octanol–water partition coefficient (Wildman–Crippen LogP) is 3.23. The highest BCUT2D eigenvalue weighted by Gasteiger charge is 2.24. The van der Waals surface area contributed by atoms with Crippen molar-refractivity contribution in [3.63, 3.8) is 0 Å². The summed E-state index contributed by atoms with van der Waals surface area (Å²) in [5.41, 5.74) is 1.21. The lowest BCUT2D eigenvalue weighted by Crippen LogP contribution is -2.35. The van der Waals surface area contributed by atoms with Gasteiger partial charge in [0.1, 0.15) is 0 Å². The molecule has 1 heterocycles. The zero-order chi connectivity index (χ0) is 19.9. The van der Waals surface area contributed by atoms with Crippen LogP contribution < -0.4 is 5.32 Å². The monoisotopic (exact) mass is 395 g/mol. The van der Waals surface area contributed by atoms with Crippen molar-refractivity contribution in [1.82, 2.24) is 9.21 Å². The maximum atomic E-state index is 12.8. The number of amides is 1. The van der Waals surface area contributed by atoms with E-state index in [0.717, 1.165) is 25.9 Å². The number of nitrogens with zero attached hydrogens (tertiary/aromatic N) is 2. The molecular formula is C20H33N3O3S. The van der Waals surface area contributed by atoms with Gasteiger partial charge in [0, 0.05) is 18.8 Å². The van der Waals surface area contributed by atoms with Crippen LogP contribution >= 0.6 is 0 Å². The Bertz CT molecular complexity index is 722. The number of carbonyl (C=O) groups excluding carboxylic acids is 1. The SMILES string of the molecule is CCN(CC)S(=O)(=O)c1cc(NC(=O)CN2CCCCCCC2)ccc1C. The van der Waals surface area contributed by atoms with Gasteiger partial charge in [-0.15, -0.1) is 0 Å². The molecule has 1 fully saturated rings. The summed E-state index contributed by atoms with van der Waals surface area (Å²) >= 11 is 0. The zero-order valence-corrected chi connectivity index (χ0v) is 17.6. The molecule has 1 aliphatic rings. The minimum atomic E-state index is -3.55. The lowest BCUT2D eigenvalue weighted by Gasteiger charge is -2.24. The molecule has 0 bridgehead atoms. The third kappa shape index (κ3) is 6.02. The Labute approximate surface area is 164 Å². The van der Waals surface area contributed by atoms with Crippen LogP contribution in [0.5, 0.6) is 0 Å². The summed E-state index contributed by atoms with van der Waals surface area (Å²) in [7, 11) is -3.55. The lowest BCUT2D eigenvalue weighted by molar-refractivity contribution is -0.117. The lowest BCUT2D eigenvalue weighted by atomic mass is 10.1. The number of benzene rings is 1. The number of hydrogen-bond acceptors (Lipinski definition) is 4. The molecule has 0 radical (unpaired) electrons. The Morgan fingerprint density at radius 2 is 1.67 bits per heavy atom. The van der Waals surface area contributed by atoms with Crippen molar-refractivity contribution in [3.8, 4) is 0 Å². The normalized spacial score (nSPS) is 16.7. The van der Waals surface area contributed by atoms with Crippen LogP contribution in [0.4, 0.5) is 5.69 Å². The molecule has 1 aliphatic heterocycles. The highest BCUT2D eigenvalue weighted by Crippen LogP contribution is 2.23. The molecular weight excluding hydrogens is 362 g/mol. The van der Waals surface area contributed by atoms with Gasteiger partial charge in [-0.1, -0.05) is 39.2 Å². The average Bonchev–Trinajstić information content (AvgIpc) is 2.59. The summed E-state index contributed by atoms with van der Waals surface area (Å²) in [6, 6.07) is 5.10. The van der Waals surface area contributed by atoms with Crippen molar-refractivity contribution in [2.24, 2.45) is 0 Å². The van der Waals surface area contributed by atoms with Crippen LogP contribution in [0.15, 0.2) is 23.1 Å². The second-order valence-electron chi connectivity index (χ2n) is 7.16. The molecule has 2 rings (SSSR count). The topological polar surface area (TPSA) is 69.7 Å². The van der Waals surface area contributed by atoms with Crippen LogP contribution in [-0.4, -0.2) is 56.3 Å². The Hall–Kier alpha value is -1.44. The first-order valence-electron chi connectivity index (χ1n) is 10.0. The summed E-state index contributed by atoms with van der Waals surface area (Å²) < 4.78 is 27.1. The van der Waals surface area contributed by atoms with Gasteiger partial charge in [0.05, 0.1) is 11.4 Å². The molecule has 0 unspecified atom stereocenters. The number of likely N-dealkylation sites (tertiary alicyclic amines) is 1. The van der Waals surface area contributed by atoms with E-state index in [1.165, 1.54) is 23.6 Å². The molecule has 1 N–H and O–H groups in total. The fourth-order valence-corrected chi connectivity index (χ4v) is 5.24. The van der Waals surface area contributed by atoms with Gasteiger partial charge in [-0.3, -0.25) is 9.69 Å². The maximum Gasteiger partial charge on any atom is 0.243 e. The van der Waals surface area contributed by atoms with Crippen molar-refractivity contribution < 1.29 is 13.2 Å². The van der Waals surface area contributed by atoms with Gasteiger partial charge in [-0.25, -0.2) is 8.42 Å². The molecule has 152 valence electrons. The van der Waals surface area contributed by atoms with Gasteiger partial charge < -0.3 is 5.32 Å². The number of sulfonamides is 1. The number of carbonyl (C=O) groups is 1. The van der Waals surface area contributed by atoms with Crippen molar-refractivity contribution in [2.45, 2.75) is 57.8 Å². The van der Waals surface area contributed by atoms with Crippen molar-refractivity contribution >= 4 is 21.6 Å². The number of anilines is 1. The van der Waals surface area contributed by atoms with Crippen LogP contribution in [0.25, 0.3) is 0 Å². The van der Waals surface area contributed by atoms with Gasteiger partial charge in [0.15, 0.2) is 0 Å². The van der Waals surface area contributed by atoms with Gasteiger partial charge in [0.2, 0.25) is 15.9 Å². The van der Waals surface area contributed by atoms with E-state index in [1.807, 2.05) is 13.8 Å². The second kappa shape index (κ2) is 10.2. The van der Waals surface area contributed by atoms with E-state index < -0.39 is 10.0 Å². The minimum Gasteiger partial charge on any atom is -0.325 e. The van der Waals surface area contributed by atoms with Gasteiger partial charge >= 0.3 is 0 Å². The van der Waals surface area contributed by atoms with E-state index in [4.69, 9.17) is 0 Å². The van der Waals surface area contributed by atoms with Gasteiger partial charge in [-0.2, -0.15) is 4.31 Å². The smallest absolute Gasteiger partial charge is 0.243 e. The van der Waals surface area contributed by atoms with E-state index in [9.17, 15) is 13.2 Å². The predicted molar refractivity (Wildman–Crippen MR) is 109 cm³/mol. The van der Waals surface area contributed by atoms with Gasteiger partial charge in [-0.05, 0) is 50.6 Å². The zero-order valence-electron chi connectivity index (χ0n) is 16.8. The fraction of sp³-hybridized carbons (Fsp3) is 0.650. The highest BCUT2D eigenvalue weighted by molar-refractivity contribution is 7.89. The Morgan fingerprint density at radius 3 is 2.26 bits per heavy atom. The molecule has 1 aromatic rings. The molecule has 1 amide bonds. The summed E-state index contributed by atoms with van der Waals surface area (Å²) in [6.45, 7) is 8.52. The molecule has 0 spiro atoms. The Balaban J connectivity index is 2.09. The van der Waals surface area contributed by atoms with E-state index in [-0.39, 0.29) is 10.8 Å². The molecule has 0 aromatic heterocycles. The van der Waals surface area contributed by atoms with Gasteiger partial charge in [0.25, 0.3) is 0 Å². The summed E-state index contributed by atoms with van der Waals surface area (Å²) in [4.78, 5) is 14.9. The summed E-state index contributed by atoms with van der Waals surface area (Å²) in [5.74, 6) is -0.0920. The fourth-order valence-electron chi connectivity index (χ4n) is 3.53. The van der Waals surface area contributed by atoms with Crippen LogP contribution in [0.1, 0.15) is 51.5 Å². The summed E-state index contributed by atoms with van der Waals surface area (Å²) in [6.07, 6.45) is 5.99. The molecule has 27 heavy (non-hydrogen) atoms. The minimum absolute atomic E-state index is 0.0920. The average molecular weight is 396 g/mol. The van der Waals surface area contributed by atoms with Crippen molar-refractivity contribution in [1.29, 1.82) is 0 Å². The molecule has 0 aliphatic carbocycles. The first-order valence-corrected chi connectivity index (χ1v) is 11.5. The first kappa shape index (κ1) is 21.9. The molecule has 7 heteroatoms. The van der Waals surface area contributed by atoms with Crippen molar-refractivity contribution in [3.05, 3.63) is 23.8 Å². The largest absolute Gasteiger partial charge is 0.325 e. The van der Waals surface area contributed by atoms with Crippen LogP contribution in [-0.2, 0) is 14.8 Å². The number of nitrogens with one attached hydrogen (secondary N) is 1. The third-order valence-corrected chi connectivity index (χ3v) is 7.30. The molecule has 1 aromatic carbocycles. The second-order valence-corrected chi connectivity index (χ2v) is 9.07. The number of aryl methyl sites for hydroxylation is 1. The summed E-state index contributed by atoms with van der Waals surface area (Å²) in [5, 5.41) is 2.88. The Morgan fingerprint density at radius 1 is 1.07 bits per heavy atom. The van der Waals surface area contributed by atoms with Crippen LogP contribution in [0, 0.1) is 6.92 Å².